The summed E-state index contributed by atoms with van der Waals surface area (Å²) in [6.07, 6.45) is 73.9. The summed E-state index contributed by atoms with van der Waals surface area (Å²) in [6.45, 7) is 4.63. The lowest BCUT2D eigenvalue weighted by atomic mass is 10.0. The second kappa shape index (κ2) is 71.4. The summed E-state index contributed by atoms with van der Waals surface area (Å²) >= 11 is 0. The van der Waals surface area contributed by atoms with Gasteiger partial charge in [-0.1, -0.05) is 273 Å². The standard InChI is InChI=1S/C79H138O17P2/c1-5-9-13-17-21-25-29-33-35-36-38-42-44-48-52-56-60-64-77(82)90-70-75(96-79(84)66-62-58-54-50-46-40-32-28-24-20-16-12-8-4)72-94-98(87,88)92-68-73(80)67-91-97(85,86)93-71-74(95-78(83)65-61-57-53-49-45-39-31-27-23-19-15-11-7-3)69-89-76(81)63-59-55-51-47-43-41-37-34-30-26-22-18-14-10-6-2/h9,13,15,19,21-22,25-27,31,33-35,37-38,42,73-75,80H,5-8,10-12,14,16-18,20,23-24,28-30,32,36,39-41,43-72H2,1-4H3,(H,85,86)(H,87,88)/b13-9-,19-15-,25-21-,26-22-,31-27-,35-33-,37-34-,42-38-. The fourth-order valence-corrected chi connectivity index (χ4v) is 11.7. The van der Waals surface area contributed by atoms with Crippen LogP contribution in [0.4, 0.5) is 0 Å². The van der Waals surface area contributed by atoms with Gasteiger partial charge in [-0.25, -0.2) is 9.13 Å². The Morgan fingerprint density at radius 1 is 0.296 bits per heavy atom. The molecule has 0 fully saturated rings. The second-order valence-electron chi connectivity index (χ2n) is 25.6. The number of aliphatic hydroxyl groups excluding tert-OH is 1. The van der Waals surface area contributed by atoms with E-state index in [2.05, 4.69) is 125 Å². The lowest BCUT2D eigenvalue weighted by molar-refractivity contribution is -0.161. The van der Waals surface area contributed by atoms with E-state index in [0.717, 1.165) is 173 Å². The minimum atomic E-state index is -4.98. The van der Waals surface area contributed by atoms with Gasteiger partial charge < -0.3 is 33.8 Å². The van der Waals surface area contributed by atoms with E-state index in [9.17, 15) is 43.2 Å². The second-order valence-corrected chi connectivity index (χ2v) is 28.5. The van der Waals surface area contributed by atoms with Gasteiger partial charge in [-0.3, -0.25) is 37.3 Å². The Balaban J connectivity index is 5.36. The predicted octanol–water partition coefficient (Wildman–Crippen LogP) is 22.0. The number of phosphoric acid groups is 2. The third-order valence-electron chi connectivity index (χ3n) is 16.0. The first-order chi connectivity index (χ1) is 47.7. The molecule has 0 aromatic rings. The molecule has 5 unspecified atom stereocenters. The number of rotatable bonds is 72. The summed E-state index contributed by atoms with van der Waals surface area (Å²) in [5.74, 6) is -2.22. The summed E-state index contributed by atoms with van der Waals surface area (Å²) in [7, 11) is -9.96. The summed E-state index contributed by atoms with van der Waals surface area (Å²) in [5.41, 5.74) is 0. The highest BCUT2D eigenvalue weighted by Gasteiger charge is 2.30. The molecule has 0 bridgehead atoms. The van der Waals surface area contributed by atoms with E-state index in [4.69, 9.17) is 37.0 Å². The van der Waals surface area contributed by atoms with Crippen LogP contribution < -0.4 is 0 Å². The Bertz CT molecular complexity index is 2240. The fourth-order valence-electron chi connectivity index (χ4n) is 10.2. The zero-order chi connectivity index (χ0) is 71.8. The highest BCUT2D eigenvalue weighted by atomic mass is 31.2. The SMILES string of the molecule is CC/C=C\C/C=C\C/C=C\C/C=C\CCCCCCC(=O)OCC(COP(=O)(O)OCC(O)COP(=O)(O)OCC(COC(=O)CCCCCCC/C=C\C/C=C\CCCCC)OC(=O)CCCCCCC/C=C\C/C=C\CCC)OC(=O)CCCCCCCCCCCCCCC. The van der Waals surface area contributed by atoms with E-state index < -0.39 is 97.5 Å². The van der Waals surface area contributed by atoms with Gasteiger partial charge in [0.05, 0.1) is 26.4 Å². The number of carbonyl (C=O) groups is 4. The normalized spacial score (nSPS) is 14.5. The molecular weight excluding hydrogens is 1280 g/mol. The van der Waals surface area contributed by atoms with Crippen molar-refractivity contribution in [2.24, 2.45) is 0 Å². The molecule has 0 radical (unpaired) electrons. The Labute approximate surface area is 595 Å². The molecule has 0 aliphatic rings. The van der Waals surface area contributed by atoms with Crippen molar-refractivity contribution in [2.45, 2.75) is 341 Å². The molecule has 0 rings (SSSR count). The van der Waals surface area contributed by atoms with Gasteiger partial charge in [0, 0.05) is 25.7 Å². The predicted molar refractivity (Wildman–Crippen MR) is 399 cm³/mol. The van der Waals surface area contributed by atoms with Gasteiger partial charge in [0.15, 0.2) is 12.2 Å². The molecule has 19 heteroatoms. The van der Waals surface area contributed by atoms with E-state index in [1.165, 1.54) is 70.6 Å². The number of unbranched alkanes of at least 4 members (excludes halogenated alkanes) is 30. The molecule has 17 nitrogen and oxygen atoms in total. The number of hydrogen-bond donors (Lipinski definition) is 3. The number of allylic oxidation sites excluding steroid dienone is 16. The Morgan fingerprint density at radius 3 is 0.878 bits per heavy atom. The smallest absolute Gasteiger partial charge is 0.462 e. The highest BCUT2D eigenvalue weighted by molar-refractivity contribution is 7.47. The monoisotopic (exact) mass is 1420 g/mol. The number of esters is 4. The maximum Gasteiger partial charge on any atom is 0.472 e. The summed E-state index contributed by atoms with van der Waals surface area (Å²) in [5, 5.41) is 10.6. The van der Waals surface area contributed by atoms with Crippen LogP contribution in [-0.2, 0) is 65.4 Å². The largest absolute Gasteiger partial charge is 0.472 e. The summed E-state index contributed by atoms with van der Waals surface area (Å²) in [6, 6.07) is 0. The minimum absolute atomic E-state index is 0.0758. The number of phosphoric ester groups is 2. The molecule has 0 saturated heterocycles. The fraction of sp³-hybridized carbons (Fsp3) is 0.747. The maximum absolute atomic E-state index is 13.1. The third kappa shape index (κ3) is 70.4. The molecule has 0 aliphatic carbocycles. The van der Waals surface area contributed by atoms with E-state index in [1.807, 2.05) is 0 Å². The number of ether oxygens (including phenoxy) is 4. The van der Waals surface area contributed by atoms with Crippen LogP contribution in [0.3, 0.4) is 0 Å². The quantitative estimate of drug-likeness (QED) is 0.0169. The zero-order valence-corrected chi connectivity index (χ0v) is 63.5. The van der Waals surface area contributed by atoms with E-state index in [1.54, 1.807) is 0 Å². The topological polar surface area (TPSA) is 237 Å². The summed E-state index contributed by atoms with van der Waals surface area (Å²) in [4.78, 5) is 72.8. The van der Waals surface area contributed by atoms with Crippen LogP contribution in [0.5, 0.6) is 0 Å². The Hall–Kier alpha value is -4.02. The van der Waals surface area contributed by atoms with Crippen molar-refractivity contribution in [3.63, 3.8) is 0 Å². The van der Waals surface area contributed by atoms with Crippen molar-refractivity contribution in [1.29, 1.82) is 0 Å². The minimum Gasteiger partial charge on any atom is -0.462 e. The molecule has 0 saturated carbocycles. The van der Waals surface area contributed by atoms with E-state index >= 15 is 0 Å². The van der Waals surface area contributed by atoms with Gasteiger partial charge in [0.25, 0.3) is 0 Å². The first-order valence-corrected chi connectivity index (χ1v) is 41.5. The van der Waals surface area contributed by atoms with Crippen molar-refractivity contribution in [1.82, 2.24) is 0 Å². The summed E-state index contributed by atoms with van der Waals surface area (Å²) < 4.78 is 68.5. The molecule has 5 atom stereocenters. The molecular formula is C79H138O17P2. The van der Waals surface area contributed by atoms with Crippen LogP contribution >= 0.6 is 15.6 Å². The van der Waals surface area contributed by atoms with Crippen LogP contribution in [0.2, 0.25) is 0 Å². The Morgan fingerprint density at radius 2 is 0.551 bits per heavy atom. The molecule has 0 aromatic heterocycles. The van der Waals surface area contributed by atoms with Gasteiger partial charge in [0.1, 0.15) is 19.3 Å². The van der Waals surface area contributed by atoms with Gasteiger partial charge >= 0.3 is 39.5 Å². The van der Waals surface area contributed by atoms with Crippen molar-refractivity contribution in [2.75, 3.05) is 39.6 Å². The first-order valence-electron chi connectivity index (χ1n) is 38.5. The van der Waals surface area contributed by atoms with Crippen molar-refractivity contribution in [3.8, 4) is 0 Å². The van der Waals surface area contributed by atoms with Gasteiger partial charge in [-0.15, -0.1) is 0 Å². The van der Waals surface area contributed by atoms with Crippen molar-refractivity contribution in [3.05, 3.63) is 97.2 Å². The van der Waals surface area contributed by atoms with Crippen LogP contribution in [-0.4, -0.2) is 96.7 Å². The average Bonchev–Trinajstić information content (AvgIpc) is 0.969. The van der Waals surface area contributed by atoms with E-state index in [-0.39, 0.29) is 25.7 Å². The van der Waals surface area contributed by atoms with Gasteiger partial charge in [-0.05, 0) is 122 Å². The average molecular weight is 1420 g/mol. The maximum atomic E-state index is 13.1. The molecule has 0 aromatic carbocycles. The van der Waals surface area contributed by atoms with Gasteiger partial charge in [-0.2, -0.15) is 0 Å². The van der Waals surface area contributed by atoms with Crippen molar-refractivity contribution >= 4 is 39.5 Å². The van der Waals surface area contributed by atoms with Crippen LogP contribution in [0.25, 0.3) is 0 Å². The van der Waals surface area contributed by atoms with Crippen LogP contribution in [0, 0.1) is 0 Å². The Kier molecular flexibility index (Phi) is 68.4. The van der Waals surface area contributed by atoms with E-state index in [0.29, 0.717) is 25.7 Å². The zero-order valence-electron chi connectivity index (χ0n) is 61.7. The van der Waals surface area contributed by atoms with Crippen LogP contribution in [0.1, 0.15) is 323 Å². The molecule has 0 heterocycles. The lowest BCUT2D eigenvalue weighted by Crippen LogP contribution is -2.30. The molecule has 0 amide bonds. The molecule has 0 spiro atoms. The molecule has 98 heavy (non-hydrogen) atoms. The third-order valence-corrected chi connectivity index (χ3v) is 17.9. The van der Waals surface area contributed by atoms with Crippen LogP contribution in [0.15, 0.2) is 97.2 Å². The number of hydrogen-bond acceptors (Lipinski definition) is 15. The molecule has 566 valence electrons. The molecule has 0 aliphatic heterocycles. The van der Waals surface area contributed by atoms with Gasteiger partial charge in [0.2, 0.25) is 0 Å². The number of aliphatic hydroxyl groups is 1. The lowest BCUT2D eigenvalue weighted by Gasteiger charge is -2.21. The van der Waals surface area contributed by atoms with Crippen molar-refractivity contribution < 1.29 is 80.2 Å². The first kappa shape index (κ1) is 94.0. The molecule has 3 N–H and O–H groups in total. The highest BCUT2D eigenvalue weighted by Crippen LogP contribution is 2.45. The number of carbonyl (C=O) groups excluding carboxylic acids is 4.